The Labute approximate surface area is 263 Å². The van der Waals surface area contributed by atoms with Gasteiger partial charge in [-0.2, -0.15) is 0 Å². The van der Waals surface area contributed by atoms with E-state index >= 15 is 0 Å². The smallest absolute Gasteiger partial charge is 0.213 e. The first-order valence-corrected chi connectivity index (χ1v) is 19.6. The Balaban J connectivity index is 2.00. The van der Waals surface area contributed by atoms with Crippen LogP contribution < -0.4 is 14.2 Å². The van der Waals surface area contributed by atoms with E-state index in [1.54, 1.807) is 41.0 Å². The van der Waals surface area contributed by atoms with Gasteiger partial charge in [0.25, 0.3) is 0 Å². The van der Waals surface area contributed by atoms with E-state index in [-0.39, 0.29) is 23.6 Å². The van der Waals surface area contributed by atoms with Crippen LogP contribution in [0.15, 0.2) is 54.6 Å². The lowest BCUT2D eigenvalue weighted by molar-refractivity contribution is 0.170. The van der Waals surface area contributed by atoms with Gasteiger partial charge >= 0.3 is 0 Å². The van der Waals surface area contributed by atoms with E-state index in [9.17, 15) is 22.3 Å². The molecular formula is C31H38F2N4O6SSi. The highest BCUT2D eigenvalue weighted by molar-refractivity contribution is 7.92. The monoisotopic (exact) mass is 660 g/mol. The van der Waals surface area contributed by atoms with Crippen LogP contribution in [0.4, 0.5) is 8.78 Å². The van der Waals surface area contributed by atoms with Crippen molar-refractivity contribution < 1.29 is 36.5 Å². The molecule has 0 amide bonds. The second-order valence-corrected chi connectivity index (χ2v) is 19.9. The number of aliphatic hydroxyl groups is 1. The molecule has 2 aromatic heterocycles. The lowest BCUT2D eigenvalue weighted by Gasteiger charge is -2.28. The van der Waals surface area contributed by atoms with Crippen LogP contribution in [-0.4, -0.2) is 67.9 Å². The number of sulfone groups is 1. The Morgan fingerprint density at radius 1 is 0.933 bits per heavy atom. The molecule has 1 N–H and O–H groups in total. The van der Waals surface area contributed by atoms with E-state index in [1.807, 2.05) is 0 Å². The molecule has 0 aliphatic rings. The molecule has 45 heavy (non-hydrogen) atoms. The minimum atomic E-state index is -4.34. The Morgan fingerprint density at radius 3 is 2.16 bits per heavy atom. The quantitative estimate of drug-likeness (QED) is 0.174. The SMILES string of the molecule is COc1cccc(-c2nnc(C(CC[Si](C)(C)C)S(=O)(=O)[C@@H](C)[C@@H](O)c3ccc(F)cc3F)n2-c2c(OC)cccc2OC)n1. The first-order chi connectivity index (χ1) is 21.2. The molecule has 4 aromatic rings. The van der Waals surface area contributed by atoms with Crippen LogP contribution in [0, 0.1) is 11.6 Å². The molecule has 0 saturated heterocycles. The van der Waals surface area contributed by atoms with Gasteiger partial charge < -0.3 is 19.3 Å². The van der Waals surface area contributed by atoms with E-state index in [0.29, 0.717) is 40.9 Å². The lowest BCUT2D eigenvalue weighted by Crippen LogP contribution is -2.33. The number of methoxy groups -OCH3 is 3. The molecule has 0 fully saturated rings. The van der Waals surface area contributed by atoms with Gasteiger partial charge in [0.05, 0.1) is 32.7 Å². The number of rotatable bonds is 13. The standard InChI is InChI=1S/C31H38F2N4O6SSi/c1-19(29(38)21-15-14-20(32)18-22(21)33)44(39,40)26(16-17-45(5,6)7)31-36-35-30(23-10-8-13-27(34-23)43-4)37(31)28-24(41-2)11-9-12-25(28)42-3/h8-15,18-19,26,29,38H,16-17H2,1-7H3/t19-,26?,29+/m0/s1. The zero-order valence-electron chi connectivity index (χ0n) is 26.3. The third-order valence-corrected chi connectivity index (χ3v) is 11.9. The summed E-state index contributed by atoms with van der Waals surface area (Å²) in [5, 5.41) is 17.2. The fourth-order valence-corrected chi connectivity index (χ4v) is 8.31. The molecule has 0 aliphatic carbocycles. The first-order valence-electron chi connectivity index (χ1n) is 14.3. The Hall–Kier alpha value is -3.88. The van der Waals surface area contributed by atoms with E-state index in [2.05, 4.69) is 34.8 Å². The summed E-state index contributed by atoms with van der Waals surface area (Å²) in [5.74, 6) is -0.658. The molecule has 10 nitrogen and oxygen atoms in total. The highest BCUT2D eigenvalue weighted by atomic mass is 32.2. The van der Waals surface area contributed by atoms with E-state index < -0.39 is 46.1 Å². The zero-order chi connectivity index (χ0) is 33.1. The zero-order valence-corrected chi connectivity index (χ0v) is 28.1. The van der Waals surface area contributed by atoms with Gasteiger partial charge in [-0.25, -0.2) is 22.2 Å². The number of nitrogens with zero attached hydrogens (tertiary/aromatic N) is 4. The first kappa shape index (κ1) is 34.0. The number of aromatic nitrogens is 4. The minimum absolute atomic E-state index is 0.0364. The second kappa shape index (κ2) is 13.6. The summed E-state index contributed by atoms with van der Waals surface area (Å²) in [7, 11) is -1.76. The highest BCUT2D eigenvalue weighted by Gasteiger charge is 2.42. The number of aliphatic hydroxyl groups excluding tert-OH is 1. The number of para-hydroxylation sites is 1. The van der Waals surface area contributed by atoms with Crippen molar-refractivity contribution in [2.75, 3.05) is 21.3 Å². The van der Waals surface area contributed by atoms with Crippen molar-refractivity contribution in [1.82, 2.24) is 19.7 Å². The maximum atomic E-state index is 14.7. The van der Waals surface area contributed by atoms with Crippen molar-refractivity contribution in [3.63, 3.8) is 0 Å². The van der Waals surface area contributed by atoms with Crippen molar-refractivity contribution in [2.24, 2.45) is 0 Å². The van der Waals surface area contributed by atoms with Gasteiger partial charge in [-0.1, -0.05) is 43.9 Å². The van der Waals surface area contributed by atoms with Gasteiger partial charge in [0.15, 0.2) is 21.5 Å². The normalized spacial score (nSPS) is 14.1. The van der Waals surface area contributed by atoms with Crippen LogP contribution in [0.1, 0.15) is 36.1 Å². The van der Waals surface area contributed by atoms with Gasteiger partial charge in [-0.3, -0.25) is 4.57 Å². The van der Waals surface area contributed by atoms with Crippen molar-refractivity contribution in [3.05, 3.63) is 77.6 Å². The lowest BCUT2D eigenvalue weighted by atomic mass is 10.1. The number of ether oxygens (including phenoxy) is 3. The summed E-state index contributed by atoms with van der Waals surface area (Å²) in [6.45, 7) is 7.65. The molecular weight excluding hydrogens is 623 g/mol. The van der Waals surface area contributed by atoms with Crippen LogP contribution in [-0.2, 0) is 9.84 Å². The molecule has 0 spiro atoms. The van der Waals surface area contributed by atoms with Gasteiger partial charge in [0, 0.05) is 25.8 Å². The topological polar surface area (TPSA) is 126 Å². The van der Waals surface area contributed by atoms with Crippen LogP contribution >= 0.6 is 0 Å². The average molecular weight is 661 g/mol. The van der Waals surface area contributed by atoms with Crippen LogP contribution in [0.3, 0.4) is 0 Å². The van der Waals surface area contributed by atoms with E-state index in [1.165, 1.54) is 28.3 Å². The maximum absolute atomic E-state index is 14.7. The summed E-state index contributed by atoms with van der Waals surface area (Å²) < 4.78 is 75.7. The van der Waals surface area contributed by atoms with Crippen molar-refractivity contribution in [1.29, 1.82) is 0 Å². The molecule has 2 heterocycles. The van der Waals surface area contributed by atoms with Gasteiger partial charge in [-0.05, 0) is 37.6 Å². The highest BCUT2D eigenvalue weighted by Crippen LogP contribution is 2.42. The second-order valence-electron chi connectivity index (χ2n) is 11.8. The molecule has 3 atom stereocenters. The number of pyridine rings is 1. The molecule has 0 saturated carbocycles. The maximum Gasteiger partial charge on any atom is 0.213 e. The van der Waals surface area contributed by atoms with E-state index in [4.69, 9.17) is 14.2 Å². The Bertz CT molecular complexity index is 1740. The molecule has 1 unspecified atom stereocenters. The molecule has 4 rings (SSSR count). The molecule has 0 radical (unpaired) electrons. The number of halogens is 2. The molecule has 2 aromatic carbocycles. The molecule has 14 heteroatoms. The van der Waals surface area contributed by atoms with Crippen molar-refractivity contribution in [2.45, 2.75) is 55.6 Å². The summed E-state index contributed by atoms with van der Waals surface area (Å²) in [6.07, 6.45) is -1.65. The predicted molar refractivity (Wildman–Crippen MR) is 169 cm³/mol. The van der Waals surface area contributed by atoms with Crippen LogP contribution in [0.25, 0.3) is 17.2 Å². The van der Waals surface area contributed by atoms with Gasteiger partial charge in [-0.15, -0.1) is 10.2 Å². The predicted octanol–water partition coefficient (Wildman–Crippen LogP) is 5.94. The van der Waals surface area contributed by atoms with Crippen molar-refractivity contribution in [3.8, 4) is 34.6 Å². The average Bonchev–Trinajstić information content (AvgIpc) is 3.43. The minimum Gasteiger partial charge on any atom is -0.494 e. The van der Waals surface area contributed by atoms with Crippen LogP contribution in [0.2, 0.25) is 25.7 Å². The third-order valence-electron chi connectivity index (χ3n) is 7.56. The molecule has 242 valence electrons. The van der Waals surface area contributed by atoms with Gasteiger partial charge in [0.2, 0.25) is 5.88 Å². The number of benzene rings is 2. The fraction of sp³-hybridized carbons (Fsp3) is 0.387. The fourth-order valence-electron chi connectivity index (χ4n) is 5.03. The Kier molecular flexibility index (Phi) is 10.3. The van der Waals surface area contributed by atoms with Crippen LogP contribution in [0.5, 0.6) is 17.4 Å². The summed E-state index contributed by atoms with van der Waals surface area (Å²) in [4.78, 5) is 4.52. The summed E-state index contributed by atoms with van der Waals surface area (Å²) in [6, 6.07) is 13.4. The Morgan fingerprint density at radius 2 is 1.58 bits per heavy atom. The number of hydrogen-bond acceptors (Lipinski definition) is 9. The third kappa shape index (κ3) is 7.18. The van der Waals surface area contributed by atoms with Gasteiger partial charge in [0.1, 0.15) is 39.8 Å². The van der Waals surface area contributed by atoms with E-state index in [0.717, 1.165) is 12.1 Å². The number of hydrogen-bond donors (Lipinski definition) is 1. The van der Waals surface area contributed by atoms with Crippen molar-refractivity contribution >= 4 is 17.9 Å². The summed E-state index contributed by atoms with van der Waals surface area (Å²) in [5.41, 5.74) is 0.350. The largest absolute Gasteiger partial charge is 0.494 e. The summed E-state index contributed by atoms with van der Waals surface area (Å²) >= 11 is 0. The molecule has 0 aliphatic heterocycles. The molecule has 0 bridgehead atoms.